The molecule has 1 aliphatic heterocycles. The van der Waals surface area contributed by atoms with Gasteiger partial charge < -0.3 is 10.1 Å². The van der Waals surface area contributed by atoms with Crippen molar-refractivity contribution in [3.05, 3.63) is 60.2 Å². The number of anilines is 1. The maximum Gasteiger partial charge on any atom is 0.246 e. The molecule has 0 saturated carbocycles. The molecule has 2 atom stereocenters. The van der Waals surface area contributed by atoms with E-state index >= 15 is 0 Å². The first-order valence-corrected chi connectivity index (χ1v) is 10.8. The van der Waals surface area contributed by atoms with E-state index in [9.17, 15) is 13.2 Å². The quantitative estimate of drug-likeness (QED) is 0.761. The lowest BCUT2D eigenvalue weighted by molar-refractivity contribution is -0.118. The van der Waals surface area contributed by atoms with Crippen molar-refractivity contribution in [3.63, 3.8) is 0 Å². The van der Waals surface area contributed by atoms with Gasteiger partial charge in [0.2, 0.25) is 5.91 Å². The molecule has 27 heavy (non-hydrogen) atoms. The third-order valence-corrected chi connectivity index (χ3v) is 6.24. The number of benzene rings is 2. The van der Waals surface area contributed by atoms with Gasteiger partial charge in [-0.2, -0.15) is 0 Å². The maximum atomic E-state index is 13.0. The summed E-state index contributed by atoms with van der Waals surface area (Å²) in [7, 11) is -3.04. The van der Waals surface area contributed by atoms with Crippen molar-refractivity contribution < 1.29 is 17.9 Å². The summed E-state index contributed by atoms with van der Waals surface area (Å²) >= 11 is 0. The van der Waals surface area contributed by atoms with E-state index in [2.05, 4.69) is 10.6 Å². The average Bonchev–Trinajstić information content (AvgIpc) is 3.01. The Morgan fingerprint density at radius 1 is 1.15 bits per heavy atom. The van der Waals surface area contributed by atoms with Crippen molar-refractivity contribution in [3.8, 4) is 5.75 Å². The largest absolute Gasteiger partial charge is 0.492 e. The van der Waals surface area contributed by atoms with Crippen LogP contribution >= 0.6 is 0 Å². The molecule has 1 heterocycles. The highest BCUT2D eigenvalue weighted by atomic mass is 32.2. The lowest BCUT2D eigenvalue weighted by Gasteiger charge is -2.23. The number of carbonyl (C=O) groups is 1. The van der Waals surface area contributed by atoms with Gasteiger partial charge in [0.1, 0.15) is 11.8 Å². The first kappa shape index (κ1) is 19.4. The lowest BCUT2D eigenvalue weighted by atomic mass is 10.0. The Kier molecular flexibility index (Phi) is 6.13. The van der Waals surface area contributed by atoms with Crippen molar-refractivity contribution >= 4 is 21.4 Å². The second-order valence-corrected chi connectivity index (χ2v) is 8.76. The maximum absolute atomic E-state index is 13.0. The molecule has 0 spiro atoms. The van der Waals surface area contributed by atoms with Gasteiger partial charge in [-0.1, -0.05) is 42.5 Å². The van der Waals surface area contributed by atoms with Crippen molar-refractivity contribution in [2.24, 2.45) is 0 Å². The number of hydrogen-bond acceptors (Lipinski definition) is 5. The van der Waals surface area contributed by atoms with Crippen LogP contribution in [0.25, 0.3) is 0 Å². The molecule has 0 aliphatic carbocycles. The Morgan fingerprint density at radius 2 is 1.85 bits per heavy atom. The van der Waals surface area contributed by atoms with E-state index in [4.69, 9.17) is 4.74 Å². The first-order valence-electron chi connectivity index (χ1n) is 9.02. The van der Waals surface area contributed by atoms with E-state index in [1.54, 1.807) is 12.1 Å². The SMILES string of the molecule is CCOc1ccccc1NC(=O)[C@@H](N[C@@H]1CCS(=O)(=O)C1)c1ccccc1. The second-order valence-electron chi connectivity index (χ2n) is 6.53. The van der Waals surface area contributed by atoms with Crippen LogP contribution in [0.5, 0.6) is 5.75 Å². The summed E-state index contributed by atoms with van der Waals surface area (Å²) < 4.78 is 29.1. The van der Waals surface area contributed by atoms with Crippen molar-refractivity contribution in [2.75, 3.05) is 23.4 Å². The van der Waals surface area contributed by atoms with Gasteiger partial charge in [0.15, 0.2) is 9.84 Å². The number of amides is 1. The predicted octanol–water partition coefficient (Wildman–Crippen LogP) is 2.54. The number of ether oxygens (including phenoxy) is 1. The molecule has 0 radical (unpaired) electrons. The Labute approximate surface area is 159 Å². The van der Waals surface area contributed by atoms with Gasteiger partial charge in [-0.05, 0) is 31.0 Å². The fraction of sp³-hybridized carbons (Fsp3) is 0.350. The molecule has 2 aromatic rings. The number of sulfone groups is 1. The molecule has 0 unspecified atom stereocenters. The molecule has 0 bridgehead atoms. The lowest BCUT2D eigenvalue weighted by Crippen LogP contribution is -2.40. The summed E-state index contributed by atoms with van der Waals surface area (Å²) in [6.45, 7) is 2.38. The molecule has 1 saturated heterocycles. The highest BCUT2D eigenvalue weighted by Gasteiger charge is 2.32. The van der Waals surface area contributed by atoms with Crippen LogP contribution in [0.1, 0.15) is 24.9 Å². The summed E-state index contributed by atoms with van der Waals surface area (Å²) in [6.07, 6.45) is 0.508. The summed E-state index contributed by atoms with van der Waals surface area (Å²) in [5, 5.41) is 6.14. The van der Waals surface area contributed by atoms with E-state index < -0.39 is 15.9 Å². The molecule has 1 fully saturated rings. The molecule has 3 rings (SSSR count). The Morgan fingerprint density at radius 3 is 2.52 bits per heavy atom. The van der Waals surface area contributed by atoms with E-state index in [-0.39, 0.29) is 23.5 Å². The molecule has 144 valence electrons. The zero-order chi connectivity index (χ0) is 19.3. The summed E-state index contributed by atoms with van der Waals surface area (Å²) in [4.78, 5) is 13.0. The van der Waals surface area contributed by atoms with Gasteiger partial charge >= 0.3 is 0 Å². The van der Waals surface area contributed by atoms with E-state index in [1.807, 2.05) is 49.4 Å². The van der Waals surface area contributed by atoms with Gasteiger partial charge in [0, 0.05) is 6.04 Å². The van der Waals surface area contributed by atoms with Gasteiger partial charge in [-0.15, -0.1) is 0 Å². The standard InChI is InChI=1S/C20H24N2O4S/c1-2-26-18-11-7-6-10-17(18)22-20(23)19(15-8-4-3-5-9-15)21-16-12-13-27(24,25)14-16/h3-11,16,19,21H,2,12-14H2,1H3,(H,22,23)/t16-,19+/m1/s1. The first-order chi connectivity index (χ1) is 13.0. The monoisotopic (exact) mass is 388 g/mol. The molecular weight excluding hydrogens is 364 g/mol. The van der Waals surface area contributed by atoms with Crippen LogP contribution in [-0.2, 0) is 14.6 Å². The van der Waals surface area contributed by atoms with Crippen LogP contribution in [0.15, 0.2) is 54.6 Å². The minimum Gasteiger partial charge on any atom is -0.492 e. The Balaban J connectivity index is 1.81. The third kappa shape index (κ3) is 5.08. The van der Waals surface area contributed by atoms with Crippen LogP contribution in [0.2, 0.25) is 0 Å². The van der Waals surface area contributed by atoms with Gasteiger partial charge in [0.25, 0.3) is 0 Å². The highest BCUT2D eigenvalue weighted by molar-refractivity contribution is 7.91. The topological polar surface area (TPSA) is 84.5 Å². The molecular formula is C20H24N2O4S. The summed E-state index contributed by atoms with van der Waals surface area (Å²) in [6, 6.07) is 15.7. The second kappa shape index (κ2) is 8.54. The highest BCUT2D eigenvalue weighted by Crippen LogP contribution is 2.26. The fourth-order valence-corrected chi connectivity index (χ4v) is 4.87. The molecule has 2 N–H and O–H groups in total. The number of hydrogen-bond donors (Lipinski definition) is 2. The fourth-order valence-electron chi connectivity index (χ4n) is 3.19. The molecule has 2 aromatic carbocycles. The van der Waals surface area contributed by atoms with E-state index in [0.717, 1.165) is 5.56 Å². The van der Waals surface area contributed by atoms with Crippen molar-refractivity contribution in [2.45, 2.75) is 25.4 Å². The molecule has 1 aliphatic rings. The van der Waals surface area contributed by atoms with Crippen LogP contribution < -0.4 is 15.4 Å². The normalized spacial score (nSPS) is 19.4. The van der Waals surface area contributed by atoms with E-state index in [0.29, 0.717) is 24.5 Å². The van der Waals surface area contributed by atoms with E-state index in [1.165, 1.54) is 0 Å². The van der Waals surface area contributed by atoms with Crippen molar-refractivity contribution in [1.29, 1.82) is 0 Å². The third-order valence-electron chi connectivity index (χ3n) is 4.47. The van der Waals surface area contributed by atoms with Crippen LogP contribution in [0.4, 0.5) is 5.69 Å². The van der Waals surface area contributed by atoms with Gasteiger partial charge in [-0.3, -0.25) is 10.1 Å². The van der Waals surface area contributed by atoms with Crippen LogP contribution in [0, 0.1) is 0 Å². The smallest absolute Gasteiger partial charge is 0.246 e. The molecule has 0 aromatic heterocycles. The Hall–Kier alpha value is -2.38. The molecule has 1 amide bonds. The van der Waals surface area contributed by atoms with Crippen molar-refractivity contribution in [1.82, 2.24) is 5.32 Å². The van der Waals surface area contributed by atoms with Crippen LogP contribution in [0.3, 0.4) is 0 Å². The number of nitrogens with one attached hydrogen (secondary N) is 2. The minimum absolute atomic E-state index is 0.0547. The minimum atomic E-state index is -3.04. The average molecular weight is 388 g/mol. The molecule has 6 nitrogen and oxygen atoms in total. The predicted molar refractivity (Wildman–Crippen MR) is 106 cm³/mol. The van der Waals surface area contributed by atoms with Crippen LogP contribution in [-0.4, -0.2) is 38.5 Å². The summed E-state index contributed by atoms with van der Waals surface area (Å²) in [5.41, 5.74) is 1.37. The molecule has 7 heteroatoms. The van der Waals surface area contributed by atoms with Gasteiger partial charge in [0.05, 0.1) is 23.8 Å². The van der Waals surface area contributed by atoms with Gasteiger partial charge in [-0.25, -0.2) is 8.42 Å². The zero-order valence-corrected chi connectivity index (χ0v) is 16.0. The number of carbonyl (C=O) groups excluding carboxylic acids is 1. The summed E-state index contributed by atoms with van der Waals surface area (Å²) in [5.74, 6) is 0.557. The zero-order valence-electron chi connectivity index (χ0n) is 15.2. The number of rotatable bonds is 7. The Bertz CT molecular complexity index is 884. The number of para-hydroxylation sites is 2.